The molecule has 268 valence electrons. The first-order valence-corrected chi connectivity index (χ1v) is 18.7. The van der Waals surface area contributed by atoms with Crippen LogP contribution >= 0.6 is 0 Å². The van der Waals surface area contributed by atoms with Gasteiger partial charge in [0.1, 0.15) is 11.5 Å². The van der Waals surface area contributed by atoms with Crippen LogP contribution in [0.3, 0.4) is 0 Å². The van der Waals surface area contributed by atoms with Gasteiger partial charge in [-0.25, -0.2) is 0 Å². The molecule has 0 radical (unpaired) electrons. The van der Waals surface area contributed by atoms with Gasteiger partial charge in [0.15, 0.2) is 0 Å². The minimum atomic E-state index is -0.484. The number of nitrogens with zero attached hydrogens (tertiary/aromatic N) is 2. The van der Waals surface area contributed by atoms with Crippen molar-refractivity contribution in [3.63, 3.8) is 0 Å². The van der Waals surface area contributed by atoms with Crippen molar-refractivity contribution in [2.75, 3.05) is 39.3 Å². The number of rotatable bonds is 12. The SMILES string of the molecule is CC(CN1CCC(Cc2ccccc2)CC1)C(O)c1ccc(O)cc1.C[C@@H](CN1CCC(Cc2ccccc2)CC1)[C@@H](O)c1ccc(O)cc1. The Bertz CT molecular complexity index is 1380. The molecule has 6 nitrogen and oxygen atoms in total. The van der Waals surface area contributed by atoms with E-state index in [1.807, 2.05) is 24.3 Å². The van der Waals surface area contributed by atoms with Gasteiger partial charge in [-0.05, 0) is 135 Å². The number of piperidine rings is 2. The summed E-state index contributed by atoms with van der Waals surface area (Å²) in [5.74, 6) is 2.38. The molecule has 0 spiro atoms. The molecule has 4 aromatic carbocycles. The van der Waals surface area contributed by atoms with E-state index in [2.05, 4.69) is 84.3 Å². The number of aliphatic hydroxyl groups is 2. The number of phenolic OH excluding ortho intramolecular Hbond substituents is 2. The largest absolute Gasteiger partial charge is 0.508 e. The third-order valence-electron chi connectivity index (χ3n) is 10.8. The zero-order chi connectivity index (χ0) is 35.3. The third kappa shape index (κ3) is 11.7. The highest BCUT2D eigenvalue weighted by molar-refractivity contribution is 5.28. The zero-order valence-corrected chi connectivity index (χ0v) is 30.0. The van der Waals surface area contributed by atoms with Crippen LogP contribution < -0.4 is 0 Å². The minimum absolute atomic E-state index is 0.176. The van der Waals surface area contributed by atoms with Crippen LogP contribution in [0.1, 0.15) is 74.0 Å². The van der Waals surface area contributed by atoms with E-state index in [0.29, 0.717) is 0 Å². The summed E-state index contributed by atoms with van der Waals surface area (Å²) >= 11 is 0. The van der Waals surface area contributed by atoms with Crippen LogP contribution in [0.15, 0.2) is 109 Å². The Morgan fingerprint density at radius 2 is 0.820 bits per heavy atom. The molecule has 0 bridgehead atoms. The fourth-order valence-electron chi connectivity index (χ4n) is 7.66. The third-order valence-corrected chi connectivity index (χ3v) is 10.8. The molecule has 0 saturated carbocycles. The van der Waals surface area contributed by atoms with Crippen molar-refractivity contribution in [2.45, 2.75) is 64.6 Å². The van der Waals surface area contributed by atoms with Gasteiger partial charge in [0.2, 0.25) is 0 Å². The molecule has 0 amide bonds. The number of phenols is 2. The van der Waals surface area contributed by atoms with Gasteiger partial charge in [-0.3, -0.25) is 0 Å². The van der Waals surface area contributed by atoms with Crippen LogP contribution in [-0.2, 0) is 12.8 Å². The molecule has 2 heterocycles. The van der Waals surface area contributed by atoms with Crippen LogP contribution in [0.25, 0.3) is 0 Å². The smallest absolute Gasteiger partial charge is 0.115 e. The first kappa shape index (κ1) is 37.6. The Kier molecular flexibility index (Phi) is 14.3. The van der Waals surface area contributed by atoms with Gasteiger partial charge < -0.3 is 30.2 Å². The minimum Gasteiger partial charge on any atom is -0.508 e. The fraction of sp³-hybridized carbons (Fsp3) is 0.455. The second-order valence-corrected chi connectivity index (χ2v) is 14.9. The molecule has 0 aliphatic carbocycles. The Morgan fingerprint density at radius 1 is 0.500 bits per heavy atom. The second kappa shape index (κ2) is 19.1. The number of benzene rings is 4. The van der Waals surface area contributed by atoms with E-state index in [-0.39, 0.29) is 23.3 Å². The maximum Gasteiger partial charge on any atom is 0.115 e. The Morgan fingerprint density at radius 3 is 1.14 bits per heavy atom. The van der Waals surface area contributed by atoms with Gasteiger partial charge in [-0.1, -0.05) is 98.8 Å². The van der Waals surface area contributed by atoms with Gasteiger partial charge in [0.05, 0.1) is 12.2 Å². The Hall–Kier alpha value is -3.68. The molecule has 2 aliphatic rings. The van der Waals surface area contributed by atoms with Crippen molar-refractivity contribution in [3.05, 3.63) is 131 Å². The number of hydrogen-bond acceptors (Lipinski definition) is 6. The van der Waals surface area contributed by atoms with Gasteiger partial charge in [-0.15, -0.1) is 0 Å². The summed E-state index contributed by atoms with van der Waals surface area (Å²) in [6.07, 6.45) is 6.33. The standard InChI is InChI=1S/2C22H29NO2/c2*1-17(22(25)20-7-9-21(24)10-8-20)16-23-13-11-19(12-14-23)15-18-5-3-2-4-6-18/h2*2-10,17,19,22,24-25H,11-16H2,1H3/t17-,22+;/m0./s1. The fourth-order valence-corrected chi connectivity index (χ4v) is 7.66. The monoisotopic (exact) mass is 678 g/mol. The van der Waals surface area contributed by atoms with Gasteiger partial charge in [-0.2, -0.15) is 0 Å². The number of aliphatic hydroxyl groups excluding tert-OH is 2. The molecular weight excluding hydrogens is 620 g/mol. The highest BCUT2D eigenvalue weighted by Gasteiger charge is 2.25. The van der Waals surface area contributed by atoms with E-state index in [4.69, 9.17) is 0 Å². The number of likely N-dealkylation sites (tertiary alicyclic amines) is 2. The van der Waals surface area contributed by atoms with Crippen LogP contribution in [0, 0.1) is 23.7 Å². The van der Waals surface area contributed by atoms with Crippen LogP contribution in [0.4, 0.5) is 0 Å². The average molecular weight is 679 g/mol. The lowest BCUT2D eigenvalue weighted by molar-refractivity contribution is 0.0750. The summed E-state index contributed by atoms with van der Waals surface area (Å²) in [5.41, 5.74) is 4.64. The summed E-state index contributed by atoms with van der Waals surface area (Å²) in [4.78, 5) is 4.96. The molecular formula is C44H58N2O4. The predicted octanol–water partition coefficient (Wildman–Crippen LogP) is 8.03. The first-order chi connectivity index (χ1) is 24.2. The maximum absolute atomic E-state index is 10.5. The molecule has 0 aromatic heterocycles. The van der Waals surface area contributed by atoms with Crippen molar-refractivity contribution in [1.29, 1.82) is 0 Å². The summed E-state index contributed by atoms with van der Waals surface area (Å²) in [5, 5.41) is 39.9. The lowest BCUT2D eigenvalue weighted by Crippen LogP contribution is -2.38. The topological polar surface area (TPSA) is 87.4 Å². The molecule has 50 heavy (non-hydrogen) atoms. The highest BCUT2D eigenvalue weighted by atomic mass is 16.3. The van der Waals surface area contributed by atoms with E-state index in [1.165, 1.54) is 49.7 Å². The molecule has 2 unspecified atom stereocenters. The average Bonchev–Trinajstić information content (AvgIpc) is 3.14. The van der Waals surface area contributed by atoms with Crippen LogP contribution in [-0.4, -0.2) is 69.5 Å². The van der Waals surface area contributed by atoms with Crippen molar-refractivity contribution < 1.29 is 20.4 Å². The van der Waals surface area contributed by atoms with Crippen molar-refractivity contribution >= 4 is 0 Å². The molecule has 4 aromatic rings. The maximum atomic E-state index is 10.5. The van der Waals surface area contributed by atoms with Gasteiger partial charge in [0, 0.05) is 13.1 Å². The molecule has 6 heteroatoms. The Labute approximate surface area is 300 Å². The summed E-state index contributed by atoms with van der Waals surface area (Å²) in [7, 11) is 0. The molecule has 4 N–H and O–H groups in total. The van der Waals surface area contributed by atoms with Crippen molar-refractivity contribution in [2.24, 2.45) is 23.7 Å². The molecule has 2 saturated heterocycles. The lowest BCUT2D eigenvalue weighted by atomic mass is 9.89. The molecule has 4 atom stereocenters. The Balaban J connectivity index is 0.000000194. The number of hydrogen-bond donors (Lipinski definition) is 4. The van der Waals surface area contributed by atoms with E-state index in [1.54, 1.807) is 24.3 Å². The summed E-state index contributed by atoms with van der Waals surface area (Å²) in [6, 6.07) is 35.3. The van der Waals surface area contributed by atoms with Crippen molar-refractivity contribution in [1.82, 2.24) is 9.80 Å². The molecule has 6 rings (SSSR count). The number of aromatic hydroxyl groups is 2. The highest BCUT2D eigenvalue weighted by Crippen LogP contribution is 2.29. The van der Waals surface area contributed by atoms with Gasteiger partial charge in [0.25, 0.3) is 0 Å². The normalized spacial score (nSPS) is 18.8. The predicted molar refractivity (Wildman–Crippen MR) is 203 cm³/mol. The summed E-state index contributed by atoms with van der Waals surface area (Å²) < 4.78 is 0. The zero-order valence-electron chi connectivity index (χ0n) is 30.0. The van der Waals surface area contributed by atoms with Crippen molar-refractivity contribution in [3.8, 4) is 11.5 Å². The quantitative estimate of drug-likeness (QED) is 0.121. The molecule has 2 aliphatic heterocycles. The molecule has 2 fully saturated rings. The first-order valence-electron chi connectivity index (χ1n) is 18.7. The van der Waals surface area contributed by atoms with Crippen LogP contribution in [0.2, 0.25) is 0 Å². The summed E-state index contributed by atoms with van der Waals surface area (Å²) in [6.45, 7) is 10.5. The van der Waals surface area contributed by atoms with E-state index in [0.717, 1.165) is 62.2 Å². The van der Waals surface area contributed by atoms with E-state index >= 15 is 0 Å². The van der Waals surface area contributed by atoms with E-state index in [9.17, 15) is 20.4 Å². The second-order valence-electron chi connectivity index (χ2n) is 14.9. The van der Waals surface area contributed by atoms with Gasteiger partial charge >= 0.3 is 0 Å². The lowest BCUT2D eigenvalue weighted by Gasteiger charge is -2.34. The van der Waals surface area contributed by atoms with E-state index < -0.39 is 12.2 Å². The van der Waals surface area contributed by atoms with Crippen LogP contribution in [0.5, 0.6) is 11.5 Å².